The lowest BCUT2D eigenvalue weighted by Crippen LogP contribution is -2.50. The minimum Gasteiger partial charge on any atom is -0.349 e. The van der Waals surface area contributed by atoms with E-state index < -0.39 is 0 Å². The van der Waals surface area contributed by atoms with Gasteiger partial charge in [0.05, 0.1) is 11.6 Å². The number of carbonyl (C=O) groups excluding carboxylic acids is 2. The Bertz CT molecular complexity index is 613. The summed E-state index contributed by atoms with van der Waals surface area (Å²) < 4.78 is 0. The molecule has 0 spiro atoms. The molecule has 1 heterocycles. The number of nitriles is 1. The van der Waals surface area contributed by atoms with E-state index in [1.54, 1.807) is 29.2 Å². The van der Waals surface area contributed by atoms with Crippen LogP contribution in [0.3, 0.4) is 0 Å². The van der Waals surface area contributed by atoms with Crippen molar-refractivity contribution in [2.75, 3.05) is 13.1 Å². The van der Waals surface area contributed by atoms with Crippen LogP contribution in [0.15, 0.2) is 24.3 Å². The van der Waals surface area contributed by atoms with Gasteiger partial charge in [0.15, 0.2) is 0 Å². The second kappa shape index (κ2) is 7.63. The summed E-state index contributed by atoms with van der Waals surface area (Å²) in [5.41, 5.74) is 0.960. The highest BCUT2D eigenvalue weighted by Gasteiger charge is 2.24. The standard InChI is InChI=1S/C17H22N4O2/c1-12(2)19-17(23)21-8-6-15(7-9-21)20-16(22)14-5-3-4-13(10-14)11-18/h3-5,10,12,15H,6-9H2,1-2H3,(H,19,23)(H,20,22). The minimum atomic E-state index is -0.174. The van der Waals surface area contributed by atoms with Gasteiger partial charge in [-0.05, 0) is 44.9 Å². The van der Waals surface area contributed by atoms with Crippen molar-refractivity contribution in [3.05, 3.63) is 35.4 Å². The molecule has 0 aromatic heterocycles. The van der Waals surface area contributed by atoms with Gasteiger partial charge in [-0.25, -0.2) is 4.79 Å². The van der Waals surface area contributed by atoms with Gasteiger partial charge < -0.3 is 15.5 Å². The maximum atomic E-state index is 12.2. The van der Waals surface area contributed by atoms with Crippen molar-refractivity contribution < 1.29 is 9.59 Å². The van der Waals surface area contributed by atoms with Crippen LogP contribution in [0.25, 0.3) is 0 Å². The summed E-state index contributed by atoms with van der Waals surface area (Å²) in [6, 6.07) is 8.80. The molecule has 1 saturated heterocycles. The first-order valence-electron chi connectivity index (χ1n) is 7.86. The smallest absolute Gasteiger partial charge is 0.317 e. The molecule has 3 amide bonds. The number of piperidine rings is 1. The van der Waals surface area contributed by atoms with Crippen LogP contribution in [0.5, 0.6) is 0 Å². The molecule has 6 nitrogen and oxygen atoms in total. The lowest BCUT2D eigenvalue weighted by molar-refractivity contribution is 0.0917. The Morgan fingerprint density at radius 1 is 1.30 bits per heavy atom. The van der Waals surface area contributed by atoms with Crippen molar-refractivity contribution in [3.8, 4) is 6.07 Å². The molecular weight excluding hydrogens is 292 g/mol. The van der Waals surface area contributed by atoms with E-state index in [9.17, 15) is 9.59 Å². The van der Waals surface area contributed by atoms with E-state index in [0.717, 1.165) is 12.8 Å². The Labute approximate surface area is 136 Å². The zero-order valence-corrected chi connectivity index (χ0v) is 13.5. The first-order valence-corrected chi connectivity index (χ1v) is 7.86. The molecular formula is C17H22N4O2. The highest BCUT2D eigenvalue weighted by Crippen LogP contribution is 2.12. The van der Waals surface area contributed by atoms with E-state index in [2.05, 4.69) is 10.6 Å². The predicted octanol–water partition coefficient (Wildman–Crippen LogP) is 1.87. The molecule has 1 aliphatic rings. The fraction of sp³-hybridized carbons (Fsp3) is 0.471. The van der Waals surface area contributed by atoms with E-state index in [1.165, 1.54) is 0 Å². The SMILES string of the molecule is CC(C)NC(=O)N1CCC(NC(=O)c2cccc(C#N)c2)CC1. The molecule has 0 radical (unpaired) electrons. The molecule has 1 aliphatic heterocycles. The molecule has 0 unspecified atom stereocenters. The first-order chi connectivity index (χ1) is 11.0. The van der Waals surface area contributed by atoms with Gasteiger partial charge >= 0.3 is 6.03 Å². The molecule has 1 fully saturated rings. The number of rotatable bonds is 3. The average molecular weight is 314 g/mol. The van der Waals surface area contributed by atoms with Crippen LogP contribution in [0.4, 0.5) is 4.79 Å². The fourth-order valence-electron chi connectivity index (χ4n) is 2.56. The number of nitrogens with zero attached hydrogens (tertiary/aromatic N) is 2. The maximum absolute atomic E-state index is 12.2. The quantitative estimate of drug-likeness (QED) is 0.893. The zero-order valence-electron chi connectivity index (χ0n) is 13.5. The largest absolute Gasteiger partial charge is 0.349 e. The summed E-state index contributed by atoms with van der Waals surface area (Å²) in [5, 5.41) is 14.7. The summed E-state index contributed by atoms with van der Waals surface area (Å²) in [6.45, 7) is 5.12. The van der Waals surface area contributed by atoms with Crippen molar-refractivity contribution in [1.29, 1.82) is 5.26 Å². The number of carbonyl (C=O) groups is 2. The minimum absolute atomic E-state index is 0.0495. The highest BCUT2D eigenvalue weighted by atomic mass is 16.2. The number of hydrogen-bond acceptors (Lipinski definition) is 3. The van der Waals surface area contributed by atoms with Crippen molar-refractivity contribution in [2.45, 2.75) is 38.8 Å². The van der Waals surface area contributed by atoms with Crippen molar-refractivity contribution >= 4 is 11.9 Å². The number of nitrogens with one attached hydrogen (secondary N) is 2. The van der Waals surface area contributed by atoms with Crippen molar-refractivity contribution in [1.82, 2.24) is 15.5 Å². The van der Waals surface area contributed by atoms with E-state index in [1.807, 2.05) is 19.9 Å². The van der Waals surface area contributed by atoms with Crippen molar-refractivity contribution in [3.63, 3.8) is 0 Å². The van der Waals surface area contributed by atoms with Gasteiger partial charge in [-0.3, -0.25) is 4.79 Å². The summed E-state index contributed by atoms with van der Waals surface area (Å²) in [4.78, 5) is 25.9. The van der Waals surface area contributed by atoms with Crippen LogP contribution >= 0.6 is 0 Å². The zero-order chi connectivity index (χ0) is 16.8. The van der Waals surface area contributed by atoms with Gasteiger partial charge in [0, 0.05) is 30.7 Å². The molecule has 1 aromatic rings. The molecule has 23 heavy (non-hydrogen) atoms. The third kappa shape index (κ3) is 4.71. The Balaban J connectivity index is 1.85. The number of likely N-dealkylation sites (tertiary alicyclic amines) is 1. The maximum Gasteiger partial charge on any atom is 0.317 e. The topological polar surface area (TPSA) is 85.2 Å². The monoisotopic (exact) mass is 314 g/mol. The van der Waals surface area contributed by atoms with Crippen LogP contribution in [-0.2, 0) is 0 Å². The normalized spacial score (nSPS) is 15.1. The van der Waals surface area contributed by atoms with Gasteiger partial charge in [-0.2, -0.15) is 5.26 Å². The number of urea groups is 1. The molecule has 0 aliphatic carbocycles. The van der Waals surface area contributed by atoms with Crippen LogP contribution in [0.1, 0.15) is 42.6 Å². The molecule has 0 bridgehead atoms. The summed E-state index contributed by atoms with van der Waals surface area (Å²) in [5.74, 6) is -0.174. The van der Waals surface area contributed by atoms with Crippen LogP contribution in [0, 0.1) is 11.3 Å². The number of benzene rings is 1. The lowest BCUT2D eigenvalue weighted by atomic mass is 10.0. The van der Waals surface area contributed by atoms with Gasteiger partial charge in [0.2, 0.25) is 0 Å². The van der Waals surface area contributed by atoms with E-state index in [-0.39, 0.29) is 24.0 Å². The molecule has 2 N–H and O–H groups in total. The Morgan fingerprint density at radius 2 is 2.00 bits per heavy atom. The van der Waals surface area contributed by atoms with Gasteiger partial charge in [-0.15, -0.1) is 0 Å². The fourth-order valence-corrected chi connectivity index (χ4v) is 2.56. The number of hydrogen-bond donors (Lipinski definition) is 2. The van der Waals surface area contributed by atoms with E-state index in [4.69, 9.17) is 5.26 Å². The average Bonchev–Trinajstić information content (AvgIpc) is 2.55. The molecule has 6 heteroatoms. The Morgan fingerprint density at radius 3 is 2.61 bits per heavy atom. The van der Waals surface area contributed by atoms with Crippen LogP contribution in [-0.4, -0.2) is 42.0 Å². The summed E-state index contributed by atoms with van der Waals surface area (Å²) in [7, 11) is 0. The molecule has 0 atom stereocenters. The number of amides is 3. The van der Waals surface area contributed by atoms with Crippen LogP contribution < -0.4 is 10.6 Å². The van der Waals surface area contributed by atoms with Crippen LogP contribution in [0.2, 0.25) is 0 Å². The third-order valence-electron chi connectivity index (χ3n) is 3.78. The Hall–Kier alpha value is -2.55. The molecule has 2 rings (SSSR count). The third-order valence-corrected chi connectivity index (χ3v) is 3.78. The summed E-state index contributed by atoms with van der Waals surface area (Å²) >= 11 is 0. The molecule has 1 aromatic carbocycles. The van der Waals surface area contributed by atoms with Gasteiger partial charge in [0.1, 0.15) is 0 Å². The summed E-state index contributed by atoms with van der Waals surface area (Å²) in [6.07, 6.45) is 1.46. The van der Waals surface area contributed by atoms with E-state index >= 15 is 0 Å². The predicted molar refractivity (Wildman–Crippen MR) is 86.9 cm³/mol. The molecule has 0 saturated carbocycles. The van der Waals surface area contributed by atoms with Crippen molar-refractivity contribution in [2.24, 2.45) is 0 Å². The molecule has 122 valence electrons. The lowest BCUT2D eigenvalue weighted by Gasteiger charge is -2.32. The second-order valence-electron chi connectivity index (χ2n) is 6.03. The van der Waals surface area contributed by atoms with E-state index in [0.29, 0.717) is 24.2 Å². The highest BCUT2D eigenvalue weighted by molar-refractivity contribution is 5.94. The first kappa shape index (κ1) is 16.8. The van der Waals surface area contributed by atoms with Gasteiger partial charge in [-0.1, -0.05) is 6.07 Å². The second-order valence-corrected chi connectivity index (χ2v) is 6.03. The van der Waals surface area contributed by atoms with Gasteiger partial charge in [0.25, 0.3) is 5.91 Å². The Kier molecular flexibility index (Phi) is 5.58.